The van der Waals surface area contributed by atoms with Crippen molar-refractivity contribution in [3.05, 3.63) is 58.1 Å². The lowest BCUT2D eigenvalue weighted by atomic mass is 9.88. The van der Waals surface area contributed by atoms with E-state index in [0.29, 0.717) is 22.8 Å². The van der Waals surface area contributed by atoms with Crippen molar-refractivity contribution in [2.75, 3.05) is 7.11 Å². The summed E-state index contributed by atoms with van der Waals surface area (Å²) in [4.78, 5) is 12.7. The van der Waals surface area contributed by atoms with Crippen LogP contribution in [-0.2, 0) is 0 Å². The molecule has 0 saturated carbocycles. The van der Waals surface area contributed by atoms with E-state index < -0.39 is 0 Å². The van der Waals surface area contributed by atoms with Crippen molar-refractivity contribution >= 4 is 17.5 Å². The van der Waals surface area contributed by atoms with Crippen molar-refractivity contribution in [2.45, 2.75) is 38.8 Å². The average molecular weight is 360 g/mol. The second-order valence-electron chi connectivity index (χ2n) is 6.98. The van der Waals surface area contributed by atoms with Gasteiger partial charge in [0.2, 0.25) is 0 Å². The van der Waals surface area contributed by atoms with Crippen LogP contribution >= 0.6 is 11.6 Å². The van der Waals surface area contributed by atoms with Crippen LogP contribution in [0.5, 0.6) is 11.5 Å². The molecule has 1 aliphatic heterocycles. The first-order valence-electron chi connectivity index (χ1n) is 8.23. The van der Waals surface area contributed by atoms with Crippen LogP contribution in [0.2, 0.25) is 5.02 Å². The maximum Gasteiger partial charge on any atom is 0.251 e. The van der Waals surface area contributed by atoms with E-state index in [4.69, 9.17) is 21.1 Å². The Bertz CT molecular complexity index is 817. The molecule has 0 bridgehead atoms. The molecule has 0 aromatic heterocycles. The van der Waals surface area contributed by atoms with E-state index in [0.717, 1.165) is 16.9 Å². The summed E-state index contributed by atoms with van der Waals surface area (Å²) in [6.07, 6.45) is 0.694. The second-order valence-corrected chi connectivity index (χ2v) is 7.39. The van der Waals surface area contributed by atoms with Gasteiger partial charge in [0, 0.05) is 17.5 Å². The van der Waals surface area contributed by atoms with Gasteiger partial charge in [-0.1, -0.05) is 29.3 Å². The van der Waals surface area contributed by atoms with Gasteiger partial charge in [-0.15, -0.1) is 0 Å². The minimum absolute atomic E-state index is 0.118. The SMILES string of the molecule is COc1ccc(C(=O)N[C@@H]2CC(C)(C)Oc3ccc(C)cc32)cc1Cl. The number of fused-ring (bicyclic) bond motifs is 1. The molecule has 0 aliphatic carbocycles. The Labute approximate surface area is 153 Å². The van der Waals surface area contributed by atoms with E-state index in [1.165, 1.54) is 0 Å². The highest BCUT2D eigenvalue weighted by molar-refractivity contribution is 6.32. The zero-order chi connectivity index (χ0) is 18.2. The van der Waals surface area contributed by atoms with E-state index in [9.17, 15) is 4.79 Å². The summed E-state index contributed by atoms with van der Waals surface area (Å²) in [5, 5.41) is 3.54. The van der Waals surface area contributed by atoms with Crippen LogP contribution in [0.15, 0.2) is 36.4 Å². The molecule has 132 valence electrons. The summed E-state index contributed by atoms with van der Waals surface area (Å²) >= 11 is 6.14. The number of carbonyl (C=O) groups is 1. The highest BCUT2D eigenvalue weighted by Crippen LogP contribution is 2.40. The summed E-state index contributed by atoms with van der Waals surface area (Å²) in [6, 6.07) is 11.0. The first-order valence-corrected chi connectivity index (χ1v) is 8.61. The van der Waals surface area contributed by atoms with E-state index in [-0.39, 0.29) is 17.6 Å². The van der Waals surface area contributed by atoms with Crippen molar-refractivity contribution in [3.63, 3.8) is 0 Å². The van der Waals surface area contributed by atoms with Crippen LogP contribution in [0.4, 0.5) is 0 Å². The highest BCUT2D eigenvalue weighted by atomic mass is 35.5. The van der Waals surface area contributed by atoms with Gasteiger partial charge in [0.05, 0.1) is 18.2 Å². The van der Waals surface area contributed by atoms with E-state index in [2.05, 4.69) is 11.4 Å². The van der Waals surface area contributed by atoms with Gasteiger partial charge in [-0.05, 0) is 45.0 Å². The molecule has 1 atom stereocenters. The fourth-order valence-corrected chi connectivity index (χ4v) is 3.41. The second kappa shape index (κ2) is 6.60. The number of rotatable bonds is 3. The summed E-state index contributed by atoms with van der Waals surface area (Å²) in [5.74, 6) is 1.20. The molecule has 2 aromatic carbocycles. The number of hydrogen-bond donors (Lipinski definition) is 1. The molecule has 5 heteroatoms. The number of ether oxygens (including phenoxy) is 2. The number of halogens is 1. The first-order chi connectivity index (χ1) is 11.8. The Balaban J connectivity index is 1.88. The molecule has 25 heavy (non-hydrogen) atoms. The lowest BCUT2D eigenvalue weighted by Gasteiger charge is -2.38. The van der Waals surface area contributed by atoms with E-state index >= 15 is 0 Å². The molecule has 1 heterocycles. The van der Waals surface area contributed by atoms with Gasteiger partial charge in [-0.3, -0.25) is 4.79 Å². The molecule has 4 nitrogen and oxygen atoms in total. The fourth-order valence-electron chi connectivity index (χ4n) is 3.15. The zero-order valence-electron chi connectivity index (χ0n) is 14.9. The zero-order valence-corrected chi connectivity index (χ0v) is 15.6. The number of carbonyl (C=O) groups excluding carboxylic acids is 1. The smallest absolute Gasteiger partial charge is 0.251 e. The number of benzene rings is 2. The third-order valence-corrected chi connectivity index (χ3v) is 4.64. The summed E-state index contributed by atoms with van der Waals surface area (Å²) in [6.45, 7) is 6.08. The summed E-state index contributed by atoms with van der Waals surface area (Å²) in [7, 11) is 1.55. The van der Waals surface area contributed by atoms with Crippen molar-refractivity contribution in [1.29, 1.82) is 0 Å². The standard InChI is InChI=1S/C20H22ClNO3/c1-12-5-7-17-14(9-12)16(11-20(2,3)25-17)22-19(23)13-6-8-18(24-4)15(21)10-13/h5-10,16H,11H2,1-4H3,(H,22,23)/t16-/m1/s1. The third kappa shape index (κ3) is 3.74. The molecule has 3 rings (SSSR count). The number of nitrogens with one attached hydrogen (secondary N) is 1. The van der Waals surface area contributed by atoms with Gasteiger partial charge in [0.1, 0.15) is 17.1 Å². The lowest BCUT2D eigenvalue weighted by Crippen LogP contribution is -2.41. The minimum Gasteiger partial charge on any atom is -0.495 e. The third-order valence-electron chi connectivity index (χ3n) is 4.34. The van der Waals surface area contributed by atoms with Crippen LogP contribution in [-0.4, -0.2) is 18.6 Å². The molecule has 1 amide bonds. The van der Waals surface area contributed by atoms with Gasteiger partial charge in [0.15, 0.2) is 0 Å². The number of hydrogen-bond acceptors (Lipinski definition) is 3. The van der Waals surface area contributed by atoms with Gasteiger partial charge in [-0.25, -0.2) is 0 Å². The molecule has 1 aliphatic rings. The molecule has 0 spiro atoms. The quantitative estimate of drug-likeness (QED) is 0.864. The van der Waals surface area contributed by atoms with Gasteiger partial charge >= 0.3 is 0 Å². The summed E-state index contributed by atoms with van der Waals surface area (Å²) < 4.78 is 11.2. The summed E-state index contributed by atoms with van der Waals surface area (Å²) in [5.41, 5.74) is 2.29. The molecular weight excluding hydrogens is 338 g/mol. The Morgan fingerprint density at radius 2 is 2.04 bits per heavy atom. The van der Waals surface area contributed by atoms with E-state index in [1.54, 1.807) is 25.3 Å². The fraction of sp³-hybridized carbons (Fsp3) is 0.350. The molecule has 2 aromatic rings. The van der Waals surface area contributed by atoms with E-state index in [1.807, 2.05) is 32.9 Å². The van der Waals surface area contributed by atoms with Crippen molar-refractivity contribution in [1.82, 2.24) is 5.32 Å². The molecular formula is C20H22ClNO3. The molecule has 0 fully saturated rings. The van der Waals surface area contributed by atoms with Crippen LogP contribution in [0.3, 0.4) is 0 Å². The average Bonchev–Trinajstić information content (AvgIpc) is 2.54. The first kappa shape index (κ1) is 17.6. The van der Waals surface area contributed by atoms with Gasteiger partial charge in [-0.2, -0.15) is 0 Å². The Hall–Kier alpha value is -2.20. The van der Waals surface area contributed by atoms with Crippen LogP contribution in [0, 0.1) is 6.92 Å². The molecule has 1 N–H and O–H groups in total. The Morgan fingerprint density at radius 1 is 1.28 bits per heavy atom. The number of aryl methyl sites for hydroxylation is 1. The highest BCUT2D eigenvalue weighted by Gasteiger charge is 2.34. The predicted molar refractivity (Wildman–Crippen MR) is 98.7 cm³/mol. The number of amides is 1. The van der Waals surface area contributed by atoms with Gasteiger partial charge < -0.3 is 14.8 Å². The minimum atomic E-state index is -0.349. The maximum atomic E-state index is 12.7. The topological polar surface area (TPSA) is 47.6 Å². The molecule has 0 saturated heterocycles. The van der Waals surface area contributed by atoms with Crippen molar-refractivity contribution < 1.29 is 14.3 Å². The van der Waals surface area contributed by atoms with Crippen LogP contribution in [0.1, 0.15) is 47.8 Å². The number of methoxy groups -OCH3 is 1. The van der Waals surface area contributed by atoms with Crippen LogP contribution < -0.4 is 14.8 Å². The van der Waals surface area contributed by atoms with Gasteiger partial charge in [0.25, 0.3) is 5.91 Å². The predicted octanol–water partition coefficient (Wildman–Crippen LogP) is 4.69. The molecule has 0 radical (unpaired) electrons. The van der Waals surface area contributed by atoms with Crippen molar-refractivity contribution in [2.24, 2.45) is 0 Å². The monoisotopic (exact) mass is 359 g/mol. The lowest BCUT2D eigenvalue weighted by molar-refractivity contribution is 0.0619. The Morgan fingerprint density at radius 3 is 2.72 bits per heavy atom. The molecule has 0 unspecified atom stereocenters. The Kier molecular flexibility index (Phi) is 4.65. The van der Waals surface area contributed by atoms with Crippen LogP contribution in [0.25, 0.3) is 0 Å². The normalized spacial score (nSPS) is 18.0. The maximum absolute atomic E-state index is 12.7. The largest absolute Gasteiger partial charge is 0.495 e. The van der Waals surface area contributed by atoms with Crippen molar-refractivity contribution in [3.8, 4) is 11.5 Å².